The van der Waals surface area contributed by atoms with E-state index in [0.717, 1.165) is 10.5 Å². The molecule has 0 bridgehead atoms. The maximum Gasteiger partial charge on any atom is 0.265 e. The van der Waals surface area contributed by atoms with Crippen LogP contribution in [-0.2, 0) is 16.7 Å². The lowest BCUT2D eigenvalue weighted by molar-refractivity contribution is -0.672. The van der Waals surface area contributed by atoms with Crippen LogP contribution >= 0.6 is 11.3 Å². The maximum absolute atomic E-state index is 10.8. The van der Waals surface area contributed by atoms with E-state index < -0.39 is 10.1 Å². The Balaban J connectivity index is 2.35. The number of hydrogen-bond acceptors (Lipinski definition) is 3. The van der Waals surface area contributed by atoms with Crippen LogP contribution in [0, 0.1) is 20.8 Å². The number of fused-ring (bicyclic) bond motifs is 1. The molecule has 1 heterocycles. The first-order chi connectivity index (χ1) is 8.78. The largest absolute Gasteiger partial charge is 0.286 e. The first-order valence-corrected chi connectivity index (χ1v) is 8.56. The second-order valence-electron chi connectivity index (χ2n) is 4.84. The van der Waals surface area contributed by atoms with Gasteiger partial charge in [-0.15, -0.1) is 0 Å². The summed E-state index contributed by atoms with van der Waals surface area (Å²) in [6, 6.07) is 4.28. The van der Waals surface area contributed by atoms with E-state index in [1.165, 1.54) is 15.8 Å². The van der Waals surface area contributed by atoms with E-state index in [4.69, 9.17) is 4.55 Å². The highest BCUT2D eigenvalue weighted by Gasteiger charge is 2.19. The molecular formula is C13H18NO3S2+. The molecule has 2 aromatic rings. The summed E-state index contributed by atoms with van der Waals surface area (Å²) >= 11 is 1.72. The third kappa shape index (κ3) is 3.32. The molecule has 19 heavy (non-hydrogen) atoms. The Labute approximate surface area is 117 Å². The second-order valence-corrected chi connectivity index (χ2v) is 7.62. The lowest BCUT2D eigenvalue weighted by atomic mass is 10.1. The Morgan fingerprint density at radius 2 is 1.95 bits per heavy atom. The van der Waals surface area contributed by atoms with Crippen molar-refractivity contribution in [3.05, 3.63) is 28.3 Å². The molecule has 0 spiro atoms. The quantitative estimate of drug-likeness (QED) is 0.697. The van der Waals surface area contributed by atoms with Gasteiger partial charge in [-0.2, -0.15) is 13.0 Å². The molecule has 6 heteroatoms. The van der Waals surface area contributed by atoms with Gasteiger partial charge in [0.05, 0.1) is 5.75 Å². The van der Waals surface area contributed by atoms with Gasteiger partial charge in [-0.05, 0) is 25.0 Å². The summed E-state index contributed by atoms with van der Waals surface area (Å²) in [4.78, 5) is 0. The summed E-state index contributed by atoms with van der Waals surface area (Å²) in [6.07, 6.45) is 0.420. The van der Waals surface area contributed by atoms with Gasteiger partial charge in [0.25, 0.3) is 10.1 Å². The zero-order valence-electron chi connectivity index (χ0n) is 11.3. The van der Waals surface area contributed by atoms with E-state index in [1.807, 2.05) is 6.92 Å². The first kappa shape index (κ1) is 14.4. The summed E-state index contributed by atoms with van der Waals surface area (Å²) in [5.41, 5.74) is 3.60. The van der Waals surface area contributed by atoms with E-state index in [9.17, 15) is 8.42 Å². The Kier molecular flexibility index (Phi) is 3.94. The van der Waals surface area contributed by atoms with Crippen molar-refractivity contribution < 1.29 is 17.5 Å². The molecule has 0 atom stereocenters. The van der Waals surface area contributed by atoms with Gasteiger partial charge in [-0.3, -0.25) is 4.55 Å². The normalized spacial score (nSPS) is 12.2. The molecule has 0 aliphatic carbocycles. The van der Waals surface area contributed by atoms with Gasteiger partial charge in [0.15, 0.2) is 6.54 Å². The van der Waals surface area contributed by atoms with Crippen molar-refractivity contribution in [2.75, 3.05) is 5.75 Å². The van der Waals surface area contributed by atoms with E-state index in [2.05, 4.69) is 30.5 Å². The van der Waals surface area contributed by atoms with Gasteiger partial charge in [0.1, 0.15) is 4.70 Å². The minimum atomic E-state index is -3.87. The fourth-order valence-corrected chi connectivity index (χ4v) is 3.90. The lowest BCUT2D eigenvalue weighted by Gasteiger charge is -1.99. The zero-order valence-corrected chi connectivity index (χ0v) is 12.9. The third-order valence-electron chi connectivity index (χ3n) is 3.10. The predicted octanol–water partition coefficient (Wildman–Crippen LogP) is 2.39. The smallest absolute Gasteiger partial charge is 0.265 e. The zero-order chi connectivity index (χ0) is 14.2. The first-order valence-electron chi connectivity index (χ1n) is 6.13. The fourth-order valence-electron chi connectivity index (χ4n) is 2.32. The minimum Gasteiger partial charge on any atom is -0.286 e. The van der Waals surface area contributed by atoms with Crippen LogP contribution in [-0.4, -0.2) is 18.7 Å². The Morgan fingerprint density at radius 3 is 2.58 bits per heavy atom. The van der Waals surface area contributed by atoms with Crippen molar-refractivity contribution in [1.29, 1.82) is 0 Å². The number of nitrogens with zero attached hydrogens (tertiary/aromatic N) is 1. The van der Waals surface area contributed by atoms with Crippen LogP contribution in [0.2, 0.25) is 0 Å². The van der Waals surface area contributed by atoms with E-state index >= 15 is 0 Å². The molecule has 0 fully saturated rings. The van der Waals surface area contributed by atoms with Crippen molar-refractivity contribution >= 4 is 31.7 Å². The maximum atomic E-state index is 10.8. The average Bonchev–Trinajstić information content (AvgIpc) is 2.55. The highest BCUT2D eigenvalue weighted by atomic mass is 32.2. The predicted molar refractivity (Wildman–Crippen MR) is 77.3 cm³/mol. The van der Waals surface area contributed by atoms with Gasteiger partial charge < -0.3 is 0 Å². The molecule has 1 aromatic heterocycles. The summed E-state index contributed by atoms with van der Waals surface area (Å²) in [5, 5.41) is 1.15. The van der Waals surface area contributed by atoms with Gasteiger partial charge >= 0.3 is 0 Å². The molecule has 4 nitrogen and oxygen atoms in total. The molecule has 0 radical (unpaired) electrons. The van der Waals surface area contributed by atoms with Crippen LogP contribution < -0.4 is 4.57 Å². The Hall–Kier alpha value is -0.980. The molecule has 0 aliphatic heterocycles. The van der Waals surface area contributed by atoms with Gasteiger partial charge in [-0.1, -0.05) is 17.4 Å². The fraction of sp³-hybridized carbons (Fsp3) is 0.462. The molecule has 1 N–H and O–H groups in total. The lowest BCUT2D eigenvalue weighted by Crippen LogP contribution is -2.36. The van der Waals surface area contributed by atoms with E-state index in [1.54, 1.807) is 11.3 Å². The van der Waals surface area contributed by atoms with Crippen molar-refractivity contribution in [1.82, 2.24) is 0 Å². The van der Waals surface area contributed by atoms with Gasteiger partial charge in [0.2, 0.25) is 10.5 Å². The molecule has 0 unspecified atom stereocenters. The van der Waals surface area contributed by atoms with Crippen molar-refractivity contribution in [2.24, 2.45) is 0 Å². The van der Waals surface area contributed by atoms with Crippen LogP contribution in [0.25, 0.3) is 10.2 Å². The molecule has 0 amide bonds. The molecule has 1 aromatic carbocycles. The van der Waals surface area contributed by atoms with Crippen LogP contribution in [0.3, 0.4) is 0 Å². The Bertz CT molecular complexity index is 717. The summed E-state index contributed by atoms with van der Waals surface area (Å²) in [7, 11) is -3.87. The third-order valence-corrected chi connectivity index (χ3v) is 5.16. The molecule has 0 saturated carbocycles. The Morgan fingerprint density at radius 1 is 1.26 bits per heavy atom. The van der Waals surface area contributed by atoms with E-state index in [-0.39, 0.29) is 5.75 Å². The van der Waals surface area contributed by atoms with E-state index in [0.29, 0.717) is 13.0 Å². The highest BCUT2D eigenvalue weighted by Crippen LogP contribution is 2.25. The molecule has 2 rings (SSSR count). The van der Waals surface area contributed by atoms with Gasteiger partial charge in [0, 0.05) is 19.4 Å². The van der Waals surface area contributed by atoms with Crippen molar-refractivity contribution in [3.8, 4) is 0 Å². The highest BCUT2D eigenvalue weighted by molar-refractivity contribution is 7.85. The number of benzene rings is 1. The van der Waals surface area contributed by atoms with Crippen LogP contribution in [0.1, 0.15) is 22.6 Å². The number of rotatable bonds is 4. The summed E-state index contributed by atoms with van der Waals surface area (Å²) in [5.74, 6) is -0.193. The van der Waals surface area contributed by atoms with Gasteiger partial charge in [-0.25, -0.2) is 0 Å². The SMILES string of the molecule is Cc1cc(C)c2sc(C)[n+](CCCS(=O)(=O)O)c2c1. The number of hydrogen-bond donors (Lipinski definition) is 1. The van der Waals surface area contributed by atoms with Crippen molar-refractivity contribution in [2.45, 2.75) is 33.7 Å². The molecule has 104 valence electrons. The molecule has 0 saturated heterocycles. The summed E-state index contributed by atoms with van der Waals surface area (Å²) in [6.45, 7) is 6.79. The van der Waals surface area contributed by atoms with Crippen LogP contribution in [0.5, 0.6) is 0 Å². The van der Waals surface area contributed by atoms with Crippen molar-refractivity contribution in [3.63, 3.8) is 0 Å². The second kappa shape index (κ2) is 5.19. The average molecular weight is 300 g/mol. The summed E-state index contributed by atoms with van der Waals surface area (Å²) < 4.78 is 33.7. The monoisotopic (exact) mass is 300 g/mol. The van der Waals surface area contributed by atoms with Crippen LogP contribution in [0.4, 0.5) is 0 Å². The number of aryl methyl sites for hydroxylation is 4. The number of aromatic nitrogens is 1. The topological polar surface area (TPSA) is 58.2 Å². The molecular weight excluding hydrogens is 282 g/mol. The minimum absolute atomic E-state index is 0.193. The standard InChI is InChI=1S/C13H17NO3S2/c1-9-7-10(2)13-12(8-9)14(11(3)18-13)5-4-6-19(15,16)17/h7-8H,4-6H2,1-3H3/p+1. The number of thiazole rings is 1. The van der Waals surface area contributed by atoms with Crippen LogP contribution in [0.15, 0.2) is 12.1 Å². The molecule has 0 aliphatic rings.